The van der Waals surface area contributed by atoms with E-state index in [0.29, 0.717) is 12.0 Å². The van der Waals surface area contributed by atoms with Crippen molar-refractivity contribution >= 4 is 0 Å². The summed E-state index contributed by atoms with van der Waals surface area (Å²) in [6.07, 6.45) is 3.57. The van der Waals surface area contributed by atoms with Crippen molar-refractivity contribution in [2.24, 2.45) is 13.0 Å². The average Bonchev–Trinajstić information content (AvgIpc) is 2.67. The van der Waals surface area contributed by atoms with Crippen molar-refractivity contribution in [2.45, 2.75) is 46.1 Å². The summed E-state index contributed by atoms with van der Waals surface area (Å²) in [5, 5.41) is 8.29. The highest BCUT2D eigenvalue weighted by Gasteiger charge is 2.29. The Bertz CT molecular complexity index is 408. The fraction of sp³-hybridized carbons (Fsp3) is 0.800. The van der Waals surface area contributed by atoms with Gasteiger partial charge in [-0.2, -0.15) is 5.10 Å². The summed E-state index contributed by atoms with van der Waals surface area (Å²) >= 11 is 0. The van der Waals surface area contributed by atoms with Crippen LogP contribution in [0.15, 0.2) is 0 Å². The summed E-state index contributed by atoms with van der Waals surface area (Å²) in [4.78, 5) is 0. The molecule has 0 saturated carbocycles. The molecule has 1 aromatic heterocycles. The number of nitrogens with zero attached hydrogens (tertiary/aromatic N) is 2. The van der Waals surface area contributed by atoms with Crippen molar-refractivity contribution in [1.29, 1.82) is 0 Å². The van der Waals surface area contributed by atoms with Crippen molar-refractivity contribution in [2.75, 3.05) is 19.8 Å². The lowest BCUT2D eigenvalue weighted by molar-refractivity contribution is 0.0388. The van der Waals surface area contributed by atoms with Gasteiger partial charge in [0.2, 0.25) is 0 Å². The lowest BCUT2D eigenvalue weighted by Crippen LogP contribution is -2.34. The van der Waals surface area contributed by atoms with Crippen LogP contribution in [0.3, 0.4) is 0 Å². The molecule has 0 bridgehead atoms. The first-order valence-electron chi connectivity index (χ1n) is 7.46. The van der Waals surface area contributed by atoms with E-state index >= 15 is 0 Å². The first-order valence-corrected chi connectivity index (χ1v) is 7.46. The highest BCUT2D eigenvalue weighted by Crippen LogP contribution is 2.32. The van der Waals surface area contributed by atoms with Gasteiger partial charge in [-0.3, -0.25) is 4.68 Å². The number of aromatic nitrogens is 2. The second-order valence-electron chi connectivity index (χ2n) is 5.62. The molecule has 2 atom stereocenters. The van der Waals surface area contributed by atoms with Crippen LogP contribution in [0.1, 0.15) is 49.2 Å². The van der Waals surface area contributed by atoms with E-state index in [0.717, 1.165) is 31.9 Å². The normalized spacial score (nSPS) is 21.6. The van der Waals surface area contributed by atoms with Crippen LogP contribution in [0.2, 0.25) is 0 Å². The predicted octanol–water partition coefficient (Wildman–Crippen LogP) is 2.50. The fourth-order valence-electron chi connectivity index (χ4n) is 3.07. The highest BCUT2D eigenvalue weighted by atomic mass is 16.5. The van der Waals surface area contributed by atoms with Gasteiger partial charge in [-0.15, -0.1) is 0 Å². The van der Waals surface area contributed by atoms with E-state index in [1.165, 1.54) is 24.1 Å². The molecule has 1 aromatic rings. The summed E-state index contributed by atoms with van der Waals surface area (Å²) in [5.74, 6) is 0.571. The third-order valence-electron chi connectivity index (χ3n) is 4.16. The van der Waals surface area contributed by atoms with Crippen LogP contribution in [0.4, 0.5) is 0 Å². The van der Waals surface area contributed by atoms with Crippen molar-refractivity contribution in [3.63, 3.8) is 0 Å². The predicted molar refractivity (Wildman–Crippen MR) is 77.3 cm³/mol. The maximum atomic E-state index is 5.68. The van der Waals surface area contributed by atoms with E-state index in [2.05, 4.69) is 31.2 Å². The second-order valence-corrected chi connectivity index (χ2v) is 5.62. The molecule has 0 amide bonds. The molecule has 19 heavy (non-hydrogen) atoms. The van der Waals surface area contributed by atoms with Gasteiger partial charge < -0.3 is 10.1 Å². The summed E-state index contributed by atoms with van der Waals surface area (Å²) in [6, 6.07) is 0.383. The molecule has 1 saturated heterocycles. The van der Waals surface area contributed by atoms with E-state index in [9.17, 15) is 0 Å². The largest absolute Gasteiger partial charge is 0.381 e. The smallest absolute Gasteiger partial charge is 0.0644 e. The number of nitrogens with one attached hydrogen (secondary N) is 1. The van der Waals surface area contributed by atoms with E-state index < -0.39 is 0 Å². The minimum atomic E-state index is 0.383. The summed E-state index contributed by atoms with van der Waals surface area (Å²) in [5.41, 5.74) is 3.81. The SMILES string of the molecule is CCCNC(c1c(C)nn(C)c1C)C1CCCOC1. The lowest BCUT2D eigenvalue weighted by atomic mass is 9.87. The summed E-state index contributed by atoms with van der Waals surface area (Å²) in [7, 11) is 2.03. The molecule has 0 aromatic carbocycles. The molecule has 1 N–H and O–H groups in total. The minimum Gasteiger partial charge on any atom is -0.381 e. The number of aryl methyl sites for hydroxylation is 2. The molecule has 1 fully saturated rings. The Morgan fingerprint density at radius 1 is 1.47 bits per heavy atom. The van der Waals surface area contributed by atoms with Crippen LogP contribution in [-0.4, -0.2) is 29.5 Å². The molecule has 1 aliphatic heterocycles. The van der Waals surface area contributed by atoms with Crippen molar-refractivity contribution in [1.82, 2.24) is 15.1 Å². The first-order chi connectivity index (χ1) is 9.15. The standard InChI is InChI=1S/C15H27N3O/c1-5-8-16-15(13-7-6-9-19-10-13)14-11(2)17-18(4)12(14)3/h13,15-16H,5-10H2,1-4H3. The van der Waals surface area contributed by atoms with Gasteiger partial charge in [0, 0.05) is 36.9 Å². The topological polar surface area (TPSA) is 39.1 Å². The molecule has 0 aliphatic carbocycles. The molecule has 4 heteroatoms. The Balaban J connectivity index is 2.25. The van der Waals surface area contributed by atoms with E-state index in [4.69, 9.17) is 4.74 Å². The monoisotopic (exact) mass is 265 g/mol. The Hall–Kier alpha value is -0.870. The van der Waals surface area contributed by atoms with Crippen LogP contribution in [0, 0.1) is 19.8 Å². The Morgan fingerprint density at radius 3 is 2.79 bits per heavy atom. The molecular formula is C15H27N3O. The van der Waals surface area contributed by atoms with Gasteiger partial charge >= 0.3 is 0 Å². The lowest BCUT2D eigenvalue weighted by Gasteiger charge is -2.31. The number of hydrogen-bond donors (Lipinski definition) is 1. The quantitative estimate of drug-likeness (QED) is 0.889. The average molecular weight is 265 g/mol. The zero-order chi connectivity index (χ0) is 13.8. The first kappa shape index (κ1) is 14.5. The third kappa shape index (κ3) is 3.18. The number of rotatable bonds is 5. The Labute approximate surface area is 116 Å². The molecule has 4 nitrogen and oxygen atoms in total. The molecule has 0 radical (unpaired) electrons. The van der Waals surface area contributed by atoms with Gasteiger partial charge in [-0.05, 0) is 39.7 Å². The van der Waals surface area contributed by atoms with E-state index in [-0.39, 0.29) is 0 Å². The van der Waals surface area contributed by atoms with Crippen LogP contribution >= 0.6 is 0 Å². The maximum absolute atomic E-state index is 5.68. The molecule has 108 valence electrons. The van der Waals surface area contributed by atoms with Gasteiger partial charge in [0.05, 0.1) is 12.3 Å². The third-order valence-corrected chi connectivity index (χ3v) is 4.16. The zero-order valence-corrected chi connectivity index (χ0v) is 12.7. The van der Waals surface area contributed by atoms with Crippen molar-refractivity contribution < 1.29 is 4.74 Å². The van der Waals surface area contributed by atoms with Gasteiger partial charge in [0.1, 0.15) is 0 Å². The van der Waals surface area contributed by atoms with Crippen molar-refractivity contribution in [3.05, 3.63) is 17.0 Å². The van der Waals surface area contributed by atoms with Gasteiger partial charge in [0.25, 0.3) is 0 Å². The minimum absolute atomic E-state index is 0.383. The highest BCUT2D eigenvalue weighted by molar-refractivity contribution is 5.29. The van der Waals surface area contributed by atoms with Gasteiger partial charge in [-0.25, -0.2) is 0 Å². The number of hydrogen-bond acceptors (Lipinski definition) is 3. The van der Waals surface area contributed by atoms with Crippen LogP contribution in [0.25, 0.3) is 0 Å². The van der Waals surface area contributed by atoms with Crippen molar-refractivity contribution in [3.8, 4) is 0 Å². The zero-order valence-electron chi connectivity index (χ0n) is 12.7. The van der Waals surface area contributed by atoms with Crippen LogP contribution in [0.5, 0.6) is 0 Å². The molecule has 2 unspecified atom stereocenters. The number of ether oxygens (including phenoxy) is 1. The second kappa shape index (κ2) is 6.53. The van der Waals surface area contributed by atoms with Gasteiger partial charge in [0.15, 0.2) is 0 Å². The molecule has 2 heterocycles. The van der Waals surface area contributed by atoms with Crippen LogP contribution < -0.4 is 5.32 Å². The fourth-order valence-corrected chi connectivity index (χ4v) is 3.07. The Kier molecular flexibility index (Phi) is 4.99. The van der Waals surface area contributed by atoms with E-state index in [1.807, 2.05) is 11.7 Å². The summed E-state index contributed by atoms with van der Waals surface area (Å²) < 4.78 is 7.68. The molecular weight excluding hydrogens is 238 g/mol. The summed E-state index contributed by atoms with van der Waals surface area (Å²) in [6.45, 7) is 9.34. The Morgan fingerprint density at radius 2 is 2.26 bits per heavy atom. The molecule has 2 rings (SSSR count). The van der Waals surface area contributed by atoms with Gasteiger partial charge in [-0.1, -0.05) is 6.92 Å². The molecule has 1 aliphatic rings. The molecule has 0 spiro atoms. The van der Waals surface area contributed by atoms with E-state index in [1.54, 1.807) is 0 Å². The van der Waals surface area contributed by atoms with Crippen LogP contribution in [-0.2, 0) is 11.8 Å². The maximum Gasteiger partial charge on any atom is 0.0644 e.